The molecule has 1 atom stereocenters. The molecule has 3 aromatic rings. The van der Waals surface area contributed by atoms with Crippen LogP contribution in [0.3, 0.4) is 0 Å². The Hall–Kier alpha value is -3.25. The summed E-state index contributed by atoms with van der Waals surface area (Å²) in [6.45, 7) is 2.56. The maximum atomic E-state index is 12.6. The van der Waals surface area contributed by atoms with Crippen molar-refractivity contribution in [3.05, 3.63) is 77.6 Å². The zero-order chi connectivity index (χ0) is 19.3. The van der Waals surface area contributed by atoms with Gasteiger partial charge in [-0.2, -0.15) is 0 Å². The topological polar surface area (TPSA) is 73.3 Å². The quantitative estimate of drug-likeness (QED) is 0.723. The average molecular weight is 375 g/mol. The smallest absolute Gasteiger partial charge is 0.321 e. The van der Waals surface area contributed by atoms with Gasteiger partial charge in [0.2, 0.25) is 5.91 Å². The first kappa shape index (κ1) is 18.1. The van der Waals surface area contributed by atoms with E-state index in [2.05, 4.69) is 21.4 Å². The van der Waals surface area contributed by atoms with Crippen LogP contribution in [0.4, 0.5) is 5.69 Å². The fourth-order valence-electron chi connectivity index (χ4n) is 3.30. The summed E-state index contributed by atoms with van der Waals surface area (Å²) >= 11 is 0. The van der Waals surface area contributed by atoms with Crippen LogP contribution in [0.2, 0.25) is 0 Å². The highest BCUT2D eigenvalue weighted by Gasteiger charge is 2.23. The highest BCUT2D eigenvalue weighted by molar-refractivity contribution is 5.92. The molecule has 0 spiro atoms. The van der Waals surface area contributed by atoms with Crippen LogP contribution in [0.5, 0.6) is 11.8 Å². The van der Waals surface area contributed by atoms with E-state index in [1.165, 1.54) is 5.56 Å². The monoisotopic (exact) mass is 375 g/mol. The van der Waals surface area contributed by atoms with Crippen molar-refractivity contribution in [2.45, 2.75) is 25.9 Å². The fraction of sp³-hybridized carbons (Fsp3) is 0.227. The van der Waals surface area contributed by atoms with Gasteiger partial charge in [-0.25, -0.2) is 9.97 Å². The predicted octanol–water partition coefficient (Wildman–Crippen LogP) is 4.22. The largest absolute Gasteiger partial charge is 0.424 e. The molecule has 6 heteroatoms. The van der Waals surface area contributed by atoms with Gasteiger partial charge in [0.15, 0.2) is 0 Å². The molecule has 1 aromatic heterocycles. The van der Waals surface area contributed by atoms with Crippen molar-refractivity contribution in [3.8, 4) is 11.8 Å². The Morgan fingerprint density at radius 2 is 2.00 bits per heavy atom. The molecule has 6 nitrogen and oxygen atoms in total. The average Bonchev–Trinajstić information content (AvgIpc) is 2.71. The molecule has 1 aliphatic heterocycles. The number of anilines is 1. The zero-order valence-electron chi connectivity index (χ0n) is 15.6. The van der Waals surface area contributed by atoms with Crippen LogP contribution in [-0.2, 0) is 16.0 Å². The summed E-state index contributed by atoms with van der Waals surface area (Å²) in [6.07, 6.45) is 4.21. The minimum Gasteiger partial charge on any atom is -0.424 e. The van der Waals surface area contributed by atoms with E-state index in [-0.39, 0.29) is 24.4 Å². The number of amides is 1. The van der Waals surface area contributed by atoms with E-state index in [0.29, 0.717) is 12.4 Å². The highest BCUT2D eigenvalue weighted by atomic mass is 16.5. The Morgan fingerprint density at radius 3 is 2.82 bits per heavy atom. The number of ether oxygens (including phenoxy) is 2. The van der Waals surface area contributed by atoms with Gasteiger partial charge in [-0.1, -0.05) is 24.3 Å². The van der Waals surface area contributed by atoms with Crippen LogP contribution < -0.4 is 10.1 Å². The molecule has 0 aliphatic carbocycles. The molecule has 2 heterocycles. The Kier molecular flexibility index (Phi) is 5.30. The molecule has 0 fully saturated rings. The number of fused-ring (bicyclic) bond motifs is 1. The number of carbonyl (C=O) groups excluding carboxylic acids is 1. The lowest BCUT2D eigenvalue weighted by Crippen LogP contribution is -2.22. The van der Waals surface area contributed by atoms with Crippen LogP contribution in [-0.4, -0.2) is 22.5 Å². The second-order valence-corrected chi connectivity index (χ2v) is 6.67. The van der Waals surface area contributed by atoms with Gasteiger partial charge in [-0.15, -0.1) is 0 Å². The van der Waals surface area contributed by atoms with Crippen LogP contribution in [0.1, 0.15) is 29.2 Å². The SMILES string of the molecule is Cc1cc(Oc2ncccn2)ccc1NC(=O)C[C@H]1OCCc2ccccc21. The van der Waals surface area contributed by atoms with E-state index in [0.717, 1.165) is 23.2 Å². The van der Waals surface area contributed by atoms with E-state index >= 15 is 0 Å². The lowest BCUT2D eigenvalue weighted by molar-refractivity contribution is -0.119. The van der Waals surface area contributed by atoms with Crippen LogP contribution in [0.15, 0.2) is 60.9 Å². The molecule has 2 aromatic carbocycles. The molecule has 0 saturated carbocycles. The maximum absolute atomic E-state index is 12.6. The van der Waals surface area contributed by atoms with Gasteiger partial charge in [0.25, 0.3) is 0 Å². The summed E-state index contributed by atoms with van der Waals surface area (Å²) in [4.78, 5) is 20.7. The van der Waals surface area contributed by atoms with Gasteiger partial charge in [0.05, 0.1) is 19.1 Å². The van der Waals surface area contributed by atoms with Gasteiger partial charge in [0.1, 0.15) is 5.75 Å². The van der Waals surface area contributed by atoms with E-state index in [1.807, 2.05) is 37.3 Å². The second kappa shape index (κ2) is 8.19. The van der Waals surface area contributed by atoms with Crippen molar-refractivity contribution in [3.63, 3.8) is 0 Å². The first-order chi connectivity index (χ1) is 13.7. The molecule has 0 radical (unpaired) electrons. The van der Waals surface area contributed by atoms with Gasteiger partial charge >= 0.3 is 6.01 Å². The van der Waals surface area contributed by atoms with Gasteiger partial charge < -0.3 is 14.8 Å². The van der Waals surface area contributed by atoms with E-state index in [4.69, 9.17) is 9.47 Å². The van der Waals surface area contributed by atoms with E-state index in [1.54, 1.807) is 24.5 Å². The third-order valence-corrected chi connectivity index (χ3v) is 4.69. The number of carbonyl (C=O) groups is 1. The summed E-state index contributed by atoms with van der Waals surface area (Å²) in [5.41, 5.74) is 4.00. The number of nitrogens with zero attached hydrogens (tertiary/aromatic N) is 2. The number of benzene rings is 2. The summed E-state index contributed by atoms with van der Waals surface area (Å²) in [5.74, 6) is 0.538. The number of rotatable bonds is 5. The molecule has 0 bridgehead atoms. The fourth-order valence-corrected chi connectivity index (χ4v) is 3.30. The second-order valence-electron chi connectivity index (χ2n) is 6.67. The number of aromatic nitrogens is 2. The Balaban J connectivity index is 1.41. The Bertz CT molecular complexity index is 976. The predicted molar refractivity (Wildman–Crippen MR) is 105 cm³/mol. The highest BCUT2D eigenvalue weighted by Crippen LogP contribution is 2.30. The minimum absolute atomic E-state index is 0.0788. The van der Waals surface area contributed by atoms with Crippen LogP contribution in [0, 0.1) is 6.92 Å². The first-order valence-electron chi connectivity index (χ1n) is 9.24. The molecule has 1 amide bonds. The number of aryl methyl sites for hydroxylation is 1. The third-order valence-electron chi connectivity index (χ3n) is 4.69. The Morgan fingerprint density at radius 1 is 1.18 bits per heavy atom. The van der Waals surface area contributed by atoms with Gasteiger partial charge in [0, 0.05) is 18.1 Å². The Labute approximate surface area is 163 Å². The molecular weight excluding hydrogens is 354 g/mol. The van der Waals surface area contributed by atoms with Crippen molar-refractivity contribution in [1.82, 2.24) is 9.97 Å². The molecule has 28 heavy (non-hydrogen) atoms. The summed E-state index contributed by atoms with van der Waals surface area (Å²) in [7, 11) is 0. The molecular formula is C22H21N3O3. The van der Waals surface area contributed by atoms with Crippen molar-refractivity contribution >= 4 is 11.6 Å². The van der Waals surface area contributed by atoms with Crippen molar-refractivity contribution in [2.75, 3.05) is 11.9 Å². The summed E-state index contributed by atoms with van der Waals surface area (Å²) < 4.78 is 11.5. The standard InChI is InChI=1S/C22H21N3O3/c1-15-13-17(28-22-23-10-4-11-24-22)7-8-19(15)25-21(26)14-20-18-6-3-2-5-16(18)9-12-27-20/h2-8,10-11,13,20H,9,12,14H2,1H3,(H,25,26)/t20-/m1/s1. The lowest BCUT2D eigenvalue weighted by atomic mass is 9.95. The zero-order valence-corrected chi connectivity index (χ0v) is 15.6. The van der Waals surface area contributed by atoms with E-state index < -0.39 is 0 Å². The van der Waals surface area contributed by atoms with Gasteiger partial charge in [-0.05, 0) is 54.3 Å². The van der Waals surface area contributed by atoms with Crippen molar-refractivity contribution in [2.24, 2.45) is 0 Å². The van der Waals surface area contributed by atoms with Crippen LogP contribution >= 0.6 is 0 Å². The molecule has 142 valence electrons. The van der Waals surface area contributed by atoms with Crippen LogP contribution in [0.25, 0.3) is 0 Å². The molecule has 1 aliphatic rings. The summed E-state index contributed by atoms with van der Waals surface area (Å²) in [6, 6.07) is 15.6. The lowest BCUT2D eigenvalue weighted by Gasteiger charge is -2.25. The van der Waals surface area contributed by atoms with E-state index in [9.17, 15) is 4.79 Å². The minimum atomic E-state index is -0.205. The van der Waals surface area contributed by atoms with Crippen molar-refractivity contribution in [1.29, 1.82) is 0 Å². The normalized spacial score (nSPS) is 15.5. The molecule has 0 saturated heterocycles. The maximum Gasteiger partial charge on any atom is 0.321 e. The van der Waals surface area contributed by atoms with Crippen molar-refractivity contribution < 1.29 is 14.3 Å². The van der Waals surface area contributed by atoms with Gasteiger partial charge in [-0.3, -0.25) is 4.79 Å². The third kappa shape index (κ3) is 4.18. The summed E-state index contributed by atoms with van der Waals surface area (Å²) in [5, 5.41) is 2.97. The molecule has 0 unspecified atom stereocenters. The number of hydrogen-bond acceptors (Lipinski definition) is 5. The molecule has 1 N–H and O–H groups in total. The first-order valence-corrected chi connectivity index (χ1v) is 9.24. The number of nitrogens with one attached hydrogen (secondary N) is 1. The molecule has 4 rings (SSSR count). The number of hydrogen-bond donors (Lipinski definition) is 1.